The maximum absolute atomic E-state index is 13.9. The van der Waals surface area contributed by atoms with E-state index in [1.165, 1.54) is 70.6 Å². The average Bonchev–Trinajstić information content (AvgIpc) is 3.52. The number of amides is 3. The first-order valence-corrected chi connectivity index (χ1v) is 28.5. The van der Waals surface area contributed by atoms with Crippen LogP contribution in [0, 0.1) is 46.3 Å². The number of fused-ring (bicyclic) bond motifs is 5. The Hall–Kier alpha value is -1.59. The van der Waals surface area contributed by atoms with E-state index in [2.05, 4.69) is 56.6 Å². The van der Waals surface area contributed by atoms with Crippen molar-refractivity contribution in [1.82, 2.24) is 20.9 Å². The zero-order chi connectivity index (χ0) is 48.4. The van der Waals surface area contributed by atoms with Crippen molar-refractivity contribution in [2.75, 3.05) is 31.9 Å². The van der Waals surface area contributed by atoms with Gasteiger partial charge in [-0.3, -0.25) is 4.79 Å². The van der Waals surface area contributed by atoms with Crippen LogP contribution in [0.1, 0.15) is 207 Å². The Labute approximate surface area is 406 Å². The van der Waals surface area contributed by atoms with E-state index in [1.807, 2.05) is 95.7 Å². The fraction of sp³-hybridized carbons (Fsp3) is 0.907. The van der Waals surface area contributed by atoms with Crippen molar-refractivity contribution < 1.29 is 23.9 Å². The van der Waals surface area contributed by atoms with Gasteiger partial charge in [-0.2, -0.15) is 0 Å². The van der Waals surface area contributed by atoms with Gasteiger partial charge in [0.1, 0.15) is 11.2 Å². The Kier molecular flexibility index (Phi) is 20.5. The van der Waals surface area contributed by atoms with E-state index in [4.69, 9.17) is 9.47 Å². The normalized spacial score (nSPS) is 27.5. The fourth-order valence-corrected chi connectivity index (χ4v) is 14.9. The number of carbonyl (C=O) groups excluding carboxylic acids is 3. The molecule has 0 saturated heterocycles. The molecule has 3 fully saturated rings. The van der Waals surface area contributed by atoms with Crippen molar-refractivity contribution in [3.05, 3.63) is 11.6 Å². The molecule has 0 aliphatic heterocycles. The molecule has 3 saturated carbocycles. The zero-order valence-electron chi connectivity index (χ0n) is 44.3. The monoisotopic (exact) mass is 947 g/mol. The summed E-state index contributed by atoms with van der Waals surface area (Å²) in [6, 6.07) is 0. The molecule has 376 valence electrons. The second-order valence-electron chi connectivity index (χ2n) is 25.2. The number of hydrogen-bond donors (Lipinski definition) is 3. The van der Waals surface area contributed by atoms with Gasteiger partial charge in [0.05, 0.1) is 0 Å². The van der Waals surface area contributed by atoms with Crippen LogP contribution >= 0.6 is 21.6 Å². The van der Waals surface area contributed by atoms with Crippen molar-refractivity contribution in [3.8, 4) is 0 Å². The van der Waals surface area contributed by atoms with Gasteiger partial charge in [-0.1, -0.05) is 87.1 Å². The van der Waals surface area contributed by atoms with E-state index in [0.717, 1.165) is 73.6 Å². The molecule has 0 heterocycles. The lowest BCUT2D eigenvalue weighted by atomic mass is 9.47. The predicted octanol–water partition coefficient (Wildman–Crippen LogP) is 13.8. The molecule has 9 nitrogen and oxygen atoms in total. The minimum absolute atomic E-state index is 0.190. The van der Waals surface area contributed by atoms with Crippen LogP contribution in [-0.4, -0.2) is 82.5 Å². The molecule has 4 aliphatic carbocycles. The van der Waals surface area contributed by atoms with Crippen LogP contribution in [0.5, 0.6) is 0 Å². The second kappa shape index (κ2) is 23.8. The third kappa shape index (κ3) is 17.4. The zero-order valence-corrected chi connectivity index (χ0v) is 45.9. The molecule has 8 atom stereocenters. The number of allylic oxidation sites excluding steroid dienone is 2. The lowest BCUT2D eigenvalue weighted by molar-refractivity contribution is -0.131. The van der Waals surface area contributed by atoms with Crippen LogP contribution in [0.25, 0.3) is 0 Å². The highest BCUT2D eigenvalue weighted by atomic mass is 33.1. The summed E-state index contributed by atoms with van der Waals surface area (Å²) in [5.41, 5.74) is 0.611. The van der Waals surface area contributed by atoms with Crippen molar-refractivity contribution in [2.45, 2.75) is 234 Å². The first kappa shape index (κ1) is 56.0. The highest BCUT2D eigenvalue weighted by molar-refractivity contribution is 8.76. The molecule has 0 unspecified atom stereocenters. The number of ether oxygens (including phenoxy) is 2. The third-order valence-corrected chi connectivity index (χ3v) is 18.8. The van der Waals surface area contributed by atoms with Crippen molar-refractivity contribution in [2.24, 2.45) is 46.3 Å². The number of unbranched alkanes of at least 4 members (excludes halogenated alkanes) is 1. The van der Waals surface area contributed by atoms with Crippen LogP contribution < -0.4 is 16.0 Å². The summed E-state index contributed by atoms with van der Waals surface area (Å²) in [4.78, 5) is 40.9. The molecule has 0 aromatic rings. The Morgan fingerprint density at radius 1 is 0.769 bits per heavy atom. The van der Waals surface area contributed by atoms with E-state index >= 15 is 0 Å². The average molecular weight is 948 g/mol. The molecule has 11 heteroatoms. The molecule has 0 radical (unpaired) electrons. The Morgan fingerprint density at radius 3 is 2.05 bits per heavy atom. The quantitative estimate of drug-likeness (QED) is 0.0528. The number of alkyl carbamates (subject to hydrolysis) is 2. The van der Waals surface area contributed by atoms with Crippen LogP contribution in [0.3, 0.4) is 0 Å². The van der Waals surface area contributed by atoms with Gasteiger partial charge >= 0.3 is 12.2 Å². The molecule has 65 heavy (non-hydrogen) atoms. The van der Waals surface area contributed by atoms with Crippen LogP contribution in [0.15, 0.2) is 11.6 Å². The maximum atomic E-state index is 13.9. The van der Waals surface area contributed by atoms with E-state index in [0.29, 0.717) is 42.0 Å². The van der Waals surface area contributed by atoms with Gasteiger partial charge in [0, 0.05) is 41.6 Å². The third-order valence-electron chi connectivity index (χ3n) is 15.9. The standard InChI is InChI=1S/C54H98N4O5S2/c1-38(2)19-18-20-39(3)43-23-24-44-42-22-21-40-37-41(25-28-53(40,14)45(42)26-29-54(43,44)15)65-64-36-27-46(59)58(35-31-52(12,13)57-48(61)63-50(7,8)9)34-17-16-32-55-33-30-51(10,11)56-47(60)62-49(4,5)6/h21,38-39,41-45,55H,16-20,22-37H2,1-15H3,(H,56,60)(H,57,61)/t39-,41+,42+,43-,44+,45+,53+,54-/m1/s1. The number of carbonyl (C=O) groups is 3. The number of nitrogens with zero attached hydrogens (tertiary/aromatic N) is 1. The largest absolute Gasteiger partial charge is 0.444 e. The van der Waals surface area contributed by atoms with E-state index < -0.39 is 34.5 Å². The van der Waals surface area contributed by atoms with Crippen molar-refractivity contribution >= 4 is 39.7 Å². The summed E-state index contributed by atoms with van der Waals surface area (Å²) < 4.78 is 11.0. The minimum atomic E-state index is -0.577. The first-order valence-electron chi connectivity index (χ1n) is 26.1. The van der Waals surface area contributed by atoms with Gasteiger partial charge in [-0.05, 0) is 206 Å². The van der Waals surface area contributed by atoms with Gasteiger partial charge in [0.25, 0.3) is 0 Å². The van der Waals surface area contributed by atoms with Crippen LogP contribution in [0.2, 0.25) is 0 Å². The van der Waals surface area contributed by atoms with Crippen molar-refractivity contribution in [3.63, 3.8) is 0 Å². The molecule has 4 aliphatic rings. The van der Waals surface area contributed by atoms with E-state index in [1.54, 1.807) is 5.57 Å². The molecule has 0 spiro atoms. The van der Waals surface area contributed by atoms with Crippen LogP contribution in [0.4, 0.5) is 9.59 Å². The summed E-state index contributed by atoms with van der Waals surface area (Å²) in [5.74, 6) is 6.19. The number of rotatable bonds is 23. The minimum Gasteiger partial charge on any atom is -0.444 e. The predicted molar refractivity (Wildman–Crippen MR) is 276 cm³/mol. The lowest BCUT2D eigenvalue weighted by Gasteiger charge is -2.58. The summed E-state index contributed by atoms with van der Waals surface area (Å²) in [6.07, 6.45) is 20.7. The molecular formula is C54H98N4O5S2. The number of nitrogens with one attached hydrogen (secondary N) is 3. The molecule has 0 aromatic carbocycles. The second-order valence-corrected chi connectivity index (χ2v) is 28.0. The highest BCUT2D eigenvalue weighted by Crippen LogP contribution is 2.67. The molecular weight excluding hydrogens is 849 g/mol. The molecule has 0 aromatic heterocycles. The Bertz CT molecular complexity index is 1570. The SMILES string of the molecule is CC(C)CCC[C@@H](C)[C@H]1CC[C@H]2[C@@H]3CC=C4C[C@@H](SSCCC(=O)N(CCCCNCCC(C)(C)NC(=O)OC(C)(C)C)CCC(C)(C)NC(=O)OC(C)(C)C)CC[C@]4(C)[C@H]3CC[C@]12C. The molecule has 3 N–H and O–H groups in total. The Morgan fingerprint density at radius 2 is 1.42 bits per heavy atom. The van der Waals surface area contributed by atoms with E-state index in [-0.39, 0.29) is 5.91 Å². The maximum Gasteiger partial charge on any atom is 0.408 e. The molecule has 4 rings (SSSR count). The smallest absolute Gasteiger partial charge is 0.408 e. The van der Waals surface area contributed by atoms with Crippen LogP contribution in [-0.2, 0) is 14.3 Å². The van der Waals surface area contributed by atoms with Gasteiger partial charge in [-0.25, -0.2) is 9.59 Å². The van der Waals surface area contributed by atoms with Gasteiger partial charge < -0.3 is 30.3 Å². The van der Waals surface area contributed by atoms with Gasteiger partial charge in [0.2, 0.25) is 5.91 Å². The first-order chi connectivity index (χ1) is 30.1. The summed E-state index contributed by atoms with van der Waals surface area (Å²) >= 11 is 0. The lowest BCUT2D eigenvalue weighted by Crippen LogP contribution is -2.50. The van der Waals surface area contributed by atoms with Crippen molar-refractivity contribution in [1.29, 1.82) is 0 Å². The summed E-state index contributed by atoms with van der Waals surface area (Å²) in [6.45, 7) is 34.8. The highest BCUT2D eigenvalue weighted by Gasteiger charge is 2.59. The summed E-state index contributed by atoms with van der Waals surface area (Å²) in [7, 11) is 3.93. The fourth-order valence-electron chi connectivity index (χ4n) is 12.3. The summed E-state index contributed by atoms with van der Waals surface area (Å²) in [5, 5.41) is 10.2. The van der Waals surface area contributed by atoms with Gasteiger partial charge in [-0.15, -0.1) is 0 Å². The Balaban J connectivity index is 1.25. The molecule has 0 bridgehead atoms. The number of hydrogen-bond acceptors (Lipinski definition) is 8. The molecule has 3 amide bonds. The van der Waals surface area contributed by atoms with E-state index in [9.17, 15) is 14.4 Å². The topological polar surface area (TPSA) is 109 Å². The van der Waals surface area contributed by atoms with Gasteiger partial charge in [0.15, 0.2) is 0 Å².